The van der Waals surface area contributed by atoms with E-state index in [0.29, 0.717) is 43.8 Å². The van der Waals surface area contributed by atoms with Gasteiger partial charge in [0.05, 0.1) is 16.7 Å². The predicted octanol–water partition coefficient (Wildman–Crippen LogP) is 9.75. The van der Waals surface area contributed by atoms with Gasteiger partial charge in [0, 0.05) is 119 Å². The van der Waals surface area contributed by atoms with Gasteiger partial charge in [-0.1, -0.05) is 44.2 Å². The average Bonchev–Trinajstić information content (AvgIpc) is 4.13. The molecule has 1 aliphatic carbocycles. The smallest absolute Gasteiger partial charge is 0.297 e. The number of nitrogens with one attached hydrogen (secondary N) is 3. The molecule has 1 amide bonds. The number of aromatic amines is 1. The van der Waals surface area contributed by atoms with Crippen molar-refractivity contribution in [3.05, 3.63) is 135 Å². The molecule has 4 fully saturated rings. The first-order valence-electron chi connectivity index (χ1n) is 25.7. The number of hydrogen-bond donors (Lipinski definition) is 3. The van der Waals surface area contributed by atoms with Crippen molar-refractivity contribution >= 4 is 44.0 Å². The van der Waals surface area contributed by atoms with Gasteiger partial charge in [0.2, 0.25) is 6.79 Å². The standard InChI is InChI=1S/C55H59F3N8O9S/c1-34(2)39-6-3-4-7-40(39)46-31-63(30-42-43(56)8-5-9-44(42)57)20-21-65(46)37-27-54(28-37)13-18-64(19-14-54)36-10-11-41(47(25-36)75-38-24-35-12-17-59-52(35)60-29-38)53(67)62-76(70,71)48-26-45(66(68)69)49(51-50(48)73-33-74-51)61-32-55(58)15-22-72-23-16-55/h3-12,17,24-26,29,34,37,46,61H,13-16,18-23,27-28,30-33H2,1-2H3,(H,59,60)(H,62,67). The van der Waals surface area contributed by atoms with E-state index in [2.05, 4.69) is 72.8 Å². The number of amides is 1. The molecule has 5 aliphatic rings. The highest BCUT2D eigenvalue weighted by molar-refractivity contribution is 7.90. The number of halogens is 3. The monoisotopic (exact) mass is 1060 g/mol. The van der Waals surface area contributed by atoms with E-state index < -0.39 is 55.5 Å². The van der Waals surface area contributed by atoms with Gasteiger partial charge in [-0.3, -0.25) is 24.7 Å². The van der Waals surface area contributed by atoms with E-state index in [9.17, 15) is 32.1 Å². The summed E-state index contributed by atoms with van der Waals surface area (Å²) in [5, 5.41) is 15.9. The van der Waals surface area contributed by atoms with Crippen LogP contribution in [0.25, 0.3) is 11.0 Å². The maximum Gasteiger partial charge on any atom is 0.297 e. The largest absolute Gasteiger partial charge is 0.455 e. The lowest BCUT2D eigenvalue weighted by atomic mass is 9.59. The van der Waals surface area contributed by atoms with E-state index in [1.807, 2.05) is 6.07 Å². The first-order chi connectivity index (χ1) is 36.6. The summed E-state index contributed by atoms with van der Waals surface area (Å²) in [7, 11) is -4.90. The number of benzene rings is 4. The van der Waals surface area contributed by atoms with Crippen LogP contribution in [0.5, 0.6) is 23.0 Å². The number of fused-ring (bicyclic) bond motifs is 2. The maximum absolute atomic E-state index is 15.6. The molecule has 1 spiro atoms. The van der Waals surface area contributed by atoms with Gasteiger partial charge in [-0.2, -0.15) is 0 Å². The highest BCUT2D eigenvalue weighted by Crippen LogP contribution is 2.54. The molecule has 0 radical (unpaired) electrons. The van der Waals surface area contributed by atoms with Gasteiger partial charge in [0.1, 0.15) is 39.3 Å². The summed E-state index contributed by atoms with van der Waals surface area (Å²) in [5.41, 5.74) is 1.23. The van der Waals surface area contributed by atoms with Crippen molar-refractivity contribution in [1.29, 1.82) is 0 Å². The van der Waals surface area contributed by atoms with Crippen molar-refractivity contribution in [2.45, 2.75) is 87.5 Å². The van der Waals surface area contributed by atoms with Crippen molar-refractivity contribution in [1.82, 2.24) is 24.5 Å². The molecule has 11 rings (SSSR count). The van der Waals surface area contributed by atoms with Crippen molar-refractivity contribution in [3.63, 3.8) is 0 Å². The summed E-state index contributed by atoms with van der Waals surface area (Å²) in [6, 6.07) is 22.2. The number of rotatable bonds is 15. The summed E-state index contributed by atoms with van der Waals surface area (Å²) in [4.78, 5) is 39.7. The van der Waals surface area contributed by atoms with Crippen LogP contribution in [0.3, 0.4) is 0 Å². The quantitative estimate of drug-likeness (QED) is 0.0650. The summed E-state index contributed by atoms with van der Waals surface area (Å²) < 4.78 is 98.5. The Morgan fingerprint density at radius 3 is 2.45 bits per heavy atom. The first-order valence-corrected chi connectivity index (χ1v) is 27.2. The molecular formula is C55H59F3N8O9S. The van der Waals surface area contributed by atoms with Crippen LogP contribution in [-0.4, -0.2) is 110 Å². The van der Waals surface area contributed by atoms with Crippen molar-refractivity contribution in [2.24, 2.45) is 5.41 Å². The molecular weight excluding hydrogens is 1010 g/mol. The second-order valence-corrected chi connectivity index (χ2v) is 22.7. The first kappa shape index (κ1) is 51.2. The Bertz CT molecular complexity index is 3280. The number of anilines is 2. The molecule has 2 aromatic heterocycles. The Morgan fingerprint density at radius 2 is 1.70 bits per heavy atom. The molecule has 76 heavy (non-hydrogen) atoms. The van der Waals surface area contributed by atoms with Gasteiger partial charge in [-0.15, -0.1) is 0 Å². The second-order valence-electron chi connectivity index (χ2n) is 21.0. The zero-order valence-electron chi connectivity index (χ0n) is 42.2. The molecule has 1 atom stereocenters. The number of pyridine rings is 1. The van der Waals surface area contributed by atoms with Gasteiger partial charge >= 0.3 is 0 Å². The predicted molar refractivity (Wildman–Crippen MR) is 277 cm³/mol. The molecule has 400 valence electrons. The number of aromatic nitrogens is 2. The normalized spacial score (nSPS) is 19.7. The van der Waals surface area contributed by atoms with Crippen LogP contribution in [0.15, 0.2) is 96.2 Å². The lowest BCUT2D eigenvalue weighted by Gasteiger charge is -2.58. The zero-order valence-corrected chi connectivity index (χ0v) is 43.0. The highest BCUT2D eigenvalue weighted by atomic mass is 32.2. The molecule has 3 N–H and O–H groups in total. The number of nitro benzene ring substituents is 1. The Hall–Kier alpha value is -6.94. The number of piperazine rings is 1. The molecule has 4 aliphatic heterocycles. The molecule has 0 bridgehead atoms. The summed E-state index contributed by atoms with van der Waals surface area (Å²) in [6.07, 6.45) is 7.16. The van der Waals surface area contributed by atoms with Crippen LogP contribution in [-0.2, 0) is 21.3 Å². The van der Waals surface area contributed by atoms with Crippen molar-refractivity contribution in [2.75, 3.05) is 69.5 Å². The van der Waals surface area contributed by atoms with E-state index in [-0.39, 0.29) is 90.4 Å². The minimum atomic E-state index is -4.90. The number of hydrogen-bond acceptors (Lipinski definition) is 14. The molecule has 1 saturated carbocycles. The van der Waals surface area contributed by atoms with Gasteiger partial charge < -0.3 is 34.1 Å². The van der Waals surface area contributed by atoms with Crippen LogP contribution >= 0.6 is 0 Å². The molecule has 21 heteroatoms. The summed E-state index contributed by atoms with van der Waals surface area (Å²) in [5.74, 6) is -2.20. The highest BCUT2D eigenvalue weighted by Gasteiger charge is 2.50. The van der Waals surface area contributed by atoms with Crippen LogP contribution in [0, 0.1) is 27.2 Å². The lowest BCUT2D eigenvalue weighted by molar-refractivity contribution is -0.384. The molecule has 17 nitrogen and oxygen atoms in total. The number of carbonyl (C=O) groups excluding carboxylic acids is 1. The van der Waals surface area contributed by atoms with Gasteiger partial charge in [-0.25, -0.2) is 31.3 Å². The topological polar surface area (TPSA) is 194 Å². The fourth-order valence-electron chi connectivity index (χ4n) is 11.8. The number of sulfonamides is 1. The Balaban J connectivity index is 0.813. The SMILES string of the molecule is CC(C)c1ccccc1C1CN(Cc2c(F)cccc2F)CCN1C1CC2(CCN(c3ccc(C(=O)NS(=O)(=O)c4cc([N+](=O)[O-])c(NCC5(F)CCOCC5)c5c4OCO5)c(Oc4cnc5[nH]ccc5c4)c3)CC2)C1. The van der Waals surface area contributed by atoms with Gasteiger partial charge in [0.25, 0.3) is 21.6 Å². The number of nitrogens with zero attached hydrogens (tertiary/aromatic N) is 5. The molecule has 6 aromatic rings. The van der Waals surface area contributed by atoms with Crippen molar-refractivity contribution in [3.8, 4) is 23.0 Å². The summed E-state index contributed by atoms with van der Waals surface area (Å²) in [6.45, 7) is 7.64. The Kier molecular flexibility index (Phi) is 13.8. The number of ether oxygens (including phenoxy) is 4. The lowest BCUT2D eigenvalue weighted by Crippen LogP contribution is -2.60. The number of piperidine rings is 1. The average molecular weight is 1070 g/mol. The molecule has 4 aromatic carbocycles. The number of H-pyrrole nitrogens is 1. The second kappa shape index (κ2) is 20.5. The number of carbonyl (C=O) groups is 1. The maximum atomic E-state index is 15.6. The molecule has 1 unspecified atom stereocenters. The third-order valence-corrected chi connectivity index (χ3v) is 17.3. The van der Waals surface area contributed by atoms with E-state index in [4.69, 9.17) is 18.9 Å². The van der Waals surface area contributed by atoms with Crippen LogP contribution in [0.1, 0.15) is 91.4 Å². The van der Waals surface area contributed by atoms with Crippen LogP contribution < -0.4 is 29.1 Å². The fourth-order valence-corrected chi connectivity index (χ4v) is 12.9. The van der Waals surface area contributed by atoms with E-state index >= 15 is 4.39 Å². The van der Waals surface area contributed by atoms with Gasteiger partial charge in [-0.05, 0) is 84.5 Å². The zero-order chi connectivity index (χ0) is 52.9. The van der Waals surface area contributed by atoms with Crippen molar-refractivity contribution < 1.29 is 50.3 Å². The van der Waals surface area contributed by atoms with E-state index in [1.54, 1.807) is 24.4 Å². The Morgan fingerprint density at radius 1 is 0.947 bits per heavy atom. The molecule has 3 saturated heterocycles. The van der Waals surface area contributed by atoms with Crippen LogP contribution in [0.2, 0.25) is 0 Å². The molecule has 6 heterocycles. The minimum absolute atomic E-state index is 0.0408. The number of nitro groups is 1. The third-order valence-electron chi connectivity index (χ3n) is 16.0. The third kappa shape index (κ3) is 10.1. The number of alkyl halides is 1. The van der Waals surface area contributed by atoms with Gasteiger partial charge in [0.15, 0.2) is 17.2 Å². The summed E-state index contributed by atoms with van der Waals surface area (Å²) >= 11 is 0. The van der Waals surface area contributed by atoms with E-state index in [1.165, 1.54) is 41.6 Å². The van der Waals surface area contributed by atoms with E-state index in [0.717, 1.165) is 49.4 Å². The fraction of sp³-hybridized carbons (Fsp3) is 0.418. The minimum Gasteiger partial charge on any atom is -0.455 e. The Labute approximate surface area is 437 Å². The van der Waals surface area contributed by atoms with Crippen LogP contribution in [0.4, 0.5) is 30.2 Å².